The lowest BCUT2D eigenvalue weighted by molar-refractivity contribution is 0.0921. The molecule has 1 amide bonds. The average Bonchev–Trinajstić information content (AvgIpc) is 3.43. The van der Waals surface area contributed by atoms with Gasteiger partial charge in [-0.15, -0.1) is 0 Å². The second kappa shape index (κ2) is 7.12. The van der Waals surface area contributed by atoms with E-state index in [4.69, 9.17) is 10.1 Å². The van der Waals surface area contributed by atoms with Crippen LogP contribution in [0.1, 0.15) is 43.6 Å². The molecule has 3 N–H and O–H groups in total. The Balaban J connectivity index is 1.64. The highest BCUT2D eigenvalue weighted by atomic mass is 19.1. The number of carbonyl (C=O) groups is 1. The number of halogens is 1. The predicted molar refractivity (Wildman–Crippen MR) is 116 cm³/mol. The first-order valence-electron chi connectivity index (χ1n) is 10.4. The summed E-state index contributed by atoms with van der Waals surface area (Å²) < 4.78 is 15.9. The number of fused-ring (bicyclic) bond motifs is 2. The molecule has 1 aliphatic heterocycles. The van der Waals surface area contributed by atoms with Gasteiger partial charge in [0.05, 0.1) is 23.3 Å². The molecule has 160 valence electrons. The zero-order valence-corrected chi connectivity index (χ0v) is 17.7. The molecule has 0 radical (unpaired) electrons. The number of hydrogen-bond donors (Lipinski definition) is 3. The smallest absolute Gasteiger partial charge is 0.255 e. The van der Waals surface area contributed by atoms with Gasteiger partial charge in [-0.05, 0) is 51.9 Å². The van der Waals surface area contributed by atoms with Gasteiger partial charge in [-0.25, -0.2) is 14.4 Å². The van der Waals surface area contributed by atoms with Gasteiger partial charge in [-0.3, -0.25) is 9.48 Å². The summed E-state index contributed by atoms with van der Waals surface area (Å²) in [7, 11) is 0. The van der Waals surface area contributed by atoms with Crippen molar-refractivity contribution in [2.45, 2.75) is 38.8 Å². The van der Waals surface area contributed by atoms with Crippen LogP contribution in [0.5, 0.6) is 0 Å². The summed E-state index contributed by atoms with van der Waals surface area (Å²) in [6, 6.07) is 4.81. The Morgan fingerprint density at radius 3 is 2.90 bits per heavy atom. The standard InChI is InChI=1S/C22H24FN7O/c1-22(2,3)28-21(31)15-10-25-20-19(15)27-16(11-26-20)18-14-5-4-12(23)8-17(14)30(29-18)13-6-7-24-9-13/h4-5,8,10-11,13,24H,6-7,9H2,1-3H3,(H,25,26)(H,28,31). The van der Waals surface area contributed by atoms with E-state index in [-0.39, 0.29) is 23.3 Å². The molecule has 1 saturated heterocycles. The molecule has 1 fully saturated rings. The lowest BCUT2D eigenvalue weighted by Crippen LogP contribution is -2.40. The molecule has 3 aromatic heterocycles. The summed E-state index contributed by atoms with van der Waals surface area (Å²) in [5, 5.41) is 11.9. The highest BCUT2D eigenvalue weighted by molar-refractivity contribution is 6.05. The largest absolute Gasteiger partial charge is 0.347 e. The van der Waals surface area contributed by atoms with Crippen molar-refractivity contribution in [1.82, 2.24) is 35.4 Å². The molecular formula is C22H24FN7O. The van der Waals surface area contributed by atoms with Crippen LogP contribution in [0.2, 0.25) is 0 Å². The summed E-state index contributed by atoms with van der Waals surface area (Å²) in [5.41, 5.74) is 2.95. The van der Waals surface area contributed by atoms with E-state index in [0.717, 1.165) is 30.4 Å². The molecule has 1 unspecified atom stereocenters. The van der Waals surface area contributed by atoms with Crippen molar-refractivity contribution < 1.29 is 9.18 Å². The van der Waals surface area contributed by atoms with E-state index in [0.29, 0.717) is 28.1 Å². The number of rotatable bonds is 3. The van der Waals surface area contributed by atoms with Crippen molar-refractivity contribution in [2.24, 2.45) is 0 Å². The van der Waals surface area contributed by atoms with Crippen molar-refractivity contribution in [3.05, 3.63) is 42.0 Å². The summed E-state index contributed by atoms with van der Waals surface area (Å²) in [4.78, 5) is 24.9. The van der Waals surface area contributed by atoms with Crippen molar-refractivity contribution >= 4 is 28.0 Å². The number of benzene rings is 1. The van der Waals surface area contributed by atoms with Crippen molar-refractivity contribution in [2.75, 3.05) is 13.1 Å². The fraction of sp³-hybridized carbons (Fsp3) is 0.364. The van der Waals surface area contributed by atoms with Gasteiger partial charge in [0.25, 0.3) is 5.91 Å². The van der Waals surface area contributed by atoms with Crippen LogP contribution < -0.4 is 10.6 Å². The van der Waals surface area contributed by atoms with Crippen molar-refractivity contribution in [3.8, 4) is 11.4 Å². The Morgan fingerprint density at radius 2 is 2.16 bits per heavy atom. The van der Waals surface area contributed by atoms with Crippen LogP contribution in [-0.2, 0) is 0 Å². The van der Waals surface area contributed by atoms with E-state index in [1.54, 1.807) is 18.5 Å². The Labute approximate surface area is 178 Å². The van der Waals surface area contributed by atoms with Gasteiger partial charge >= 0.3 is 0 Å². The van der Waals surface area contributed by atoms with Gasteiger partial charge in [0.1, 0.15) is 22.7 Å². The van der Waals surface area contributed by atoms with Gasteiger partial charge < -0.3 is 15.6 Å². The van der Waals surface area contributed by atoms with Gasteiger partial charge in [0.15, 0.2) is 5.65 Å². The van der Waals surface area contributed by atoms with Gasteiger partial charge in [0, 0.05) is 23.7 Å². The van der Waals surface area contributed by atoms with Gasteiger partial charge in [-0.2, -0.15) is 5.10 Å². The number of hydrogen-bond acceptors (Lipinski definition) is 5. The highest BCUT2D eigenvalue weighted by Gasteiger charge is 2.24. The number of amides is 1. The first kappa shape index (κ1) is 19.6. The normalized spacial score (nSPS) is 17.0. The van der Waals surface area contributed by atoms with E-state index in [1.807, 2.05) is 25.5 Å². The Morgan fingerprint density at radius 1 is 1.32 bits per heavy atom. The first-order valence-corrected chi connectivity index (χ1v) is 10.4. The minimum Gasteiger partial charge on any atom is -0.347 e. The van der Waals surface area contributed by atoms with Crippen LogP contribution in [-0.4, -0.2) is 49.3 Å². The Kier molecular flexibility index (Phi) is 4.51. The first-order chi connectivity index (χ1) is 14.8. The minimum atomic E-state index is -0.375. The van der Waals surface area contributed by atoms with Crippen LogP contribution >= 0.6 is 0 Å². The summed E-state index contributed by atoms with van der Waals surface area (Å²) in [6.07, 6.45) is 4.17. The summed E-state index contributed by atoms with van der Waals surface area (Å²) >= 11 is 0. The third-order valence-corrected chi connectivity index (χ3v) is 5.41. The van der Waals surface area contributed by atoms with Crippen LogP contribution in [0.25, 0.3) is 33.5 Å². The van der Waals surface area contributed by atoms with E-state index in [9.17, 15) is 9.18 Å². The monoisotopic (exact) mass is 421 g/mol. The topological polar surface area (TPSA) is 101 Å². The Bertz CT molecular complexity index is 1290. The molecule has 0 saturated carbocycles. The van der Waals surface area contributed by atoms with E-state index < -0.39 is 0 Å². The second-order valence-corrected chi connectivity index (χ2v) is 8.96. The minimum absolute atomic E-state index is 0.148. The highest BCUT2D eigenvalue weighted by Crippen LogP contribution is 2.31. The zero-order valence-electron chi connectivity index (χ0n) is 17.7. The molecule has 8 nitrogen and oxygen atoms in total. The van der Waals surface area contributed by atoms with Crippen LogP contribution in [0, 0.1) is 5.82 Å². The number of nitrogens with one attached hydrogen (secondary N) is 3. The zero-order chi connectivity index (χ0) is 21.8. The predicted octanol–water partition coefficient (Wildman–Crippen LogP) is 3.18. The van der Waals surface area contributed by atoms with Crippen LogP contribution in [0.4, 0.5) is 4.39 Å². The molecule has 1 aromatic carbocycles. The van der Waals surface area contributed by atoms with Gasteiger partial charge in [0.2, 0.25) is 0 Å². The third-order valence-electron chi connectivity index (χ3n) is 5.41. The number of aromatic nitrogens is 5. The quantitative estimate of drug-likeness (QED) is 0.472. The molecule has 31 heavy (non-hydrogen) atoms. The van der Waals surface area contributed by atoms with Gasteiger partial charge in [-0.1, -0.05) is 0 Å². The fourth-order valence-electron chi connectivity index (χ4n) is 4.01. The summed E-state index contributed by atoms with van der Waals surface area (Å²) in [6.45, 7) is 7.45. The van der Waals surface area contributed by atoms with E-state index in [1.165, 1.54) is 12.1 Å². The second-order valence-electron chi connectivity index (χ2n) is 8.96. The molecule has 0 aliphatic carbocycles. The third kappa shape index (κ3) is 3.54. The maximum Gasteiger partial charge on any atom is 0.255 e. The molecule has 9 heteroatoms. The molecule has 4 aromatic rings. The number of aromatic amines is 1. The van der Waals surface area contributed by atoms with E-state index >= 15 is 0 Å². The fourth-order valence-corrected chi connectivity index (χ4v) is 4.01. The molecular weight excluding hydrogens is 397 g/mol. The lowest BCUT2D eigenvalue weighted by atomic mass is 10.1. The van der Waals surface area contributed by atoms with Crippen molar-refractivity contribution in [3.63, 3.8) is 0 Å². The number of nitrogens with zero attached hydrogens (tertiary/aromatic N) is 4. The van der Waals surface area contributed by atoms with Crippen LogP contribution in [0.3, 0.4) is 0 Å². The molecule has 1 aliphatic rings. The van der Waals surface area contributed by atoms with E-state index in [2.05, 4.69) is 20.6 Å². The maximum absolute atomic E-state index is 14.0. The van der Waals surface area contributed by atoms with Crippen LogP contribution in [0.15, 0.2) is 30.6 Å². The summed E-state index contributed by atoms with van der Waals surface area (Å²) in [5.74, 6) is -0.529. The molecule has 0 spiro atoms. The lowest BCUT2D eigenvalue weighted by Gasteiger charge is -2.19. The average molecular weight is 421 g/mol. The number of H-pyrrole nitrogens is 1. The molecule has 4 heterocycles. The van der Waals surface area contributed by atoms with Crippen molar-refractivity contribution in [1.29, 1.82) is 0 Å². The molecule has 0 bridgehead atoms. The molecule has 1 atom stereocenters. The Hall–Kier alpha value is -3.33. The maximum atomic E-state index is 14.0. The number of carbonyl (C=O) groups excluding carboxylic acids is 1. The molecule has 5 rings (SSSR count). The SMILES string of the molecule is CC(C)(C)NC(=O)c1c[nH]c2ncc(-c3nn(C4CCNC4)c4cc(F)ccc34)nc12.